The van der Waals surface area contributed by atoms with Gasteiger partial charge in [0.15, 0.2) is 0 Å². The van der Waals surface area contributed by atoms with Gasteiger partial charge in [-0.25, -0.2) is 4.79 Å². The average molecular weight is 347 g/mol. The maximum Gasteiger partial charge on any atom is 0.326 e. The van der Waals surface area contributed by atoms with Gasteiger partial charge in [0.05, 0.1) is 5.02 Å². The summed E-state index contributed by atoms with van der Waals surface area (Å²) >= 11 is 6.20. The van der Waals surface area contributed by atoms with Crippen molar-refractivity contribution in [2.45, 2.75) is 18.9 Å². The van der Waals surface area contributed by atoms with Crippen LogP contribution in [-0.2, 0) is 4.79 Å². The van der Waals surface area contributed by atoms with Crippen molar-refractivity contribution >= 4 is 23.5 Å². The van der Waals surface area contributed by atoms with E-state index in [1.54, 1.807) is 36.7 Å². The van der Waals surface area contributed by atoms with E-state index in [1.807, 2.05) is 0 Å². The Hall–Kier alpha value is -2.60. The van der Waals surface area contributed by atoms with Crippen molar-refractivity contribution in [2.75, 3.05) is 6.54 Å². The van der Waals surface area contributed by atoms with E-state index >= 15 is 0 Å². The first-order valence-electron chi connectivity index (χ1n) is 7.47. The number of rotatable bonds is 4. The van der Waals surface area contributed by atoms with Crippen molar-refractivity contribution in [1.29, 1.82) is 0 Å². The molecule has 1 aliphatic rings. The molecular formula is C17H15ClN2O4. The normalized spacial score (nSPS) is 16.9. The number of aromatic nitrogens is 1. The fraction of sp³-hybridized carbons (Fsp3) is 0.235. The predicted molar refractivity (Wildman–Crippen MR) is 87.5 cm³/mol. The molecule has 2 heterocycles. The average Bonchev–Trinajstić information content (AvgIpc) is 3.07. The standard InChI is InChI=1S/C17H15ClN2O4/c18-13-10-11(16(21)20-9-1-2-14(20)17(22)23)3-4-15(13)24-12-5-7-19-8-6-12/h3-8,10,14H,1-2,9H2,(H,22,23)/t14-/m0/s1. The molecule has 0 saturated carbocycles. The fourth-order valence-electron chi connectivity index (χ4n) is 2.68. The summed E-state index contributed by atoms with van der Waals surface area (Å²) < 4.78 is 5.64. The number of carboxylic acid groups (broad SMARTS) is 1. The first-order valence-corrected chi connectivity index (χ1v) is 7.85. The molecule has 1 aromatic carbocycles. The quantitative estimate of drug-likeness (QED) is 0.919. The van der Waals surface area contributed by atoms with Crippen LogP contribution in [0.15, 0.2) is 42.7 Å². The number of likely N-dealkylation sites (tertiary alicyclic amines) is 1. The Bertz CT molecular complexity index is 766. The molecule has 2 aromatic rings. The third kappa shape index (κ3) is 3.33. The van der Waals surface area contributed by atoms with Crippen molar-refractivity contribution in [3.05, 3.63) is 53.3 Å². The van der Waals surface area contributed by atoms with Crippen molar-refractivity contribution < 1.29 is 19.4 Å². The Morgan fingerprint density at radius 3 is 2.67 bits per heavy atom. The summed E-state index contributed by atoms with van der Waals surface area (Å²) in [6.07, 6.45) is 4.35. The zero-order valence-electron chi connectivity index (χ0n) is 12.7. The molecule has 7 heteroatoms. The van der Waals surface area contributed by atoms with Crippen molar-refractivity contribution in [2.24, 2.45) is 0 Å². The smallest absolute Gasteiger partial charge is 0.326 e. The number of ether oxygens (including phenoxy) is 1. The third-order valence-electron chi connectivity index (χ3n) is 3.86. The lowest BCUT2D eigenvalue weighted by molar-refractivity contribution is -0.141. The highest BCUT2D eigenvalue weighted by Crippen LogP contribution is 2.31. The van der Waals surface area contributed by atoms with Crippen molar-refractivity contribution in [3.8, 4) is 11.5 Å². The summed E-state index contributed by atoms with van der Waals surface area (Å²) in [5, 5.41) is 9.48. The van der Waals surface area contributed by atoms with Crippen molar-refractivity contribution in [1.82, 2.24) is 9.88 Å². The molecule has 0 bridgehead atoms. The predicted octanol–water partition coefficient (Wildman–Crippen LogP) is 3.22. The second-order valence-electron chi connectivity index (χ2n) is 5.42. The molecule has 1 amide bonds. The van der Waals surface area contributed by atoms with Crippen LogP contribution < -0.4 is 4.74 Å². The monoisotopic (exact) mass is 346 g/mol. The van der Waals surface area contributed by atoms with Crippen LogP contribution in [0.25, 0.3) is 0 Å². The molecule has 124 valence electrons. The van der Waals surface area contributed by atoms with Crippen LogP contribution in [0.4, 0.5) is 0 Å². The van der Waals surface area contributed by atoms with Crippen LogP contribution in [0, 0.1) is 0 Å². The van der Waals surface area contributed by atoms with Gasteiger partial charge in [0.1, 0.15) is 17.5 Å². The van der Waals surface area contributed by atoms with Gasteiger partial charge >= 0.3 is 5.97 Å². The summed E-state index contributed by atoms with van der Waals surface area (Å²) in [6, 6.07) is 7.29. The van der Waals surface area contributed by atoms with Crippen LogP contribution in [-0.4, -0.2) is 39.5 Å². The number of nitrogens with zero attached hydrogens (tertiary/aromatic N) is 2. The first-order chi connectivity index (χ1) is 11.6. The van der Waals surface area contributed by atoms with Gasteiger partial charge in [-0.05, 0) is 43.2 Å². The molecular weight excluding hydrogens is 332 g/mol. The van der Waals surface area contributed by atoms with E-state index in [0.29, 0.717) is 36.4 Å². The maximum absolute atomic E-state index is 12.5. The Morgan fingerprint density at radius 1 is 1.25 bits per heavy atom. The molecule has 1 N–H and O–H groups in total. The van der Waals surface area contributed by atoms with E-state index in [9.17, 15) is 14.7 Å². The van der Waals surface area contributed by atoms with E-state index in [2.05, 4.69) is 4.98 Å². The Labute approximate surface area is 143 Å². The first kappa shape index (κ1) is 16.3. The van der Waals surface area contributed by atoms with Gasteiger partial charge in [-0.2, -0.15) is 0 Å². The zero-order valence-corrected chi connectivity index (χ0v) is 13.4. The van der Waals surface area contributed by atoms with Crippen LogP contribution in [0.5, 0.6) is 11.5 Å². The summed E-state index contributed by atoms with van der Waals surface area (Å²) in [7, 11) is 0. The molecule has 1 saturated heterocycles. The lowest BCUT2D eigenvalue weighted by Crippen LogP contribution is -2.40. The SMILES string of the molecule is O=C(O)[C@@H]1CCCN1C(=O)c1ccc(Oc2ccncc2)c(Cl)c1. The van der Waals surface area contributed by atoms with Gasteiger partial charge < -0.3 is 14.7 Å². The van der Waals surface area contributed by atoms with E-state index in [-0.39, 0.29) is 10.9 Å². The van der Waals surface area contributed by atoms with E-state index < -0.39 is 12.0 Å². The molecule has 6 nitrogen and oxygen atoms in total. The highest BCUT2D eigenvalue weighted by molar-refractivity contribution is 6.32. The lowest BCUT2D eigenvalue weighted by Gasteiger charge is -2.21. The van der Waals surface area contributed by atoms with Gasteiger partial charge in [0, 0.05) is 24.5 Å². The number of carbonyl (C=O) groups is 2. The number of pyridine rings is 1. The summed E-state index contributed by atoms with van der Waals surface area (Å²) in [6.45, 7) is 0.433. The summed E-state index contributed by atoms with van der Waals surface area (Å²) in [4.78, 5) is 29.0. The van der Waals surface area contributed by atoms with E-state index in [0.717, 1.165) is 0 Å². The van der Waals surface area contributed by atoms with Crippen LogP contribution in [0.2, 0.25) is 5.02 Å². The van der Waals surface area contributed by atoms with Gasteiger partial charge in [-0.3, -0.25) is 9.78 Å². The van der Waals surface area contributed by atoms with Gasteiger partial charge in [0.25, 0.3) is 5.91 Å². The highest BCUT2D eigenvalue weighted by atomic mass is 35.5. The minimum atomic E-state index is -0.982. The second kappa shape index (κ2) is 6.88. The number of carbonyl (C=O) groups excluding carboxylic acids is 1. The second-order valence-corrected chi connectivity index (χ2v) is 5.83. The largest absolute Gasteiger partial charge is 0.480 e. The molecule has 1 aliphatic heterocycles. The minimum absolute atomic E-state index is 0.281. The number of aliphatic carboxylic acids is 1. The Morgan fingerprint density at radius 2 is 2.00 bits per heavy atom. The zero-order chi connectivity index (χ0) is 17.1. The van der Waals surface area contributed by atoms with Crippen molar-refractivity contribution in [3.63, 3.8) is 0 Å². The number of hydrogen-bond acceptors (Lipinski definition) is 4. The highest BCUT2D eigenvalue weighted by Gasteiger charge is 2.34. The topological polar surface area (TPSA) is 79.7 Å². The molecule has 0 radical (unpaired) electrons. The summed E-state index contributed by atoms with van der Waals surface area (Å²) in [5.41, 5.74) is 0.343. The molecule has 0 spiro atoms. The third-order valence-corrected chi connectivity index (χ3v) is 4.15. The molecule has 3 rings (SSSR count). The fourth-order valence-corrected chi connectivity index (χ4v) is 2.90. The molecule has 1 aromatic heterocycles. The molecule has 1 atom stereocenters. The number of carboxylic acids is 1. The molecule has 0 unspecified atom stereocenters. The van der Waals surface area contributed by atoms with Gasteiger partial charge in [0.2, 0.25) is 0 Å². The van der Waals surface area contributed by atoms with Gasteiger partial charge in [-0.1, -0.05) is 11.6 Å². The Kier molecular flexibility index (Phi) is 4.66. The van der Waals surface area contributed by atoms with Crippen LogP contribution in [0.1, 0.15) is 23.2 Å². The molecule has 1 fully saturated rings. The van der Waals surface area contributed by atoms with Gasteiger partial charge in [-0.15, -0.1) is 0 Å². The van der Waals surface area contributed by atoms with Crippen LogP contribution in [0.3, 0.4) is 0 Å². The number of halogens is 1. The van der Waals surface area contributed by atoms with E-state index in [1.165, 1.54) is 11.0 Å². The van der Waals surface area contributed by atoms with E-state index in [4.69, 9.17) is 16.3 Å². The van der Waals surface area contributed by atoms with Crippen LogP contribution >= 0.6 is 11.6 Å². The lowest BCUT2D eigenvalue weighted by atomic mass is 10.1. The Balaban J connectivity index is 1.79. The maximum atomic E-state index is 12.5. The summed E-state index contributed by atoms with van der Waals surface area (Å²) in [5.74, 6) is -0.325. The minimum Gasteiger partial charge on any atom is -0.480 e. The molecule has 0 aliphatic carbocycles. The number of hydrogen-bond donors (Lipinski definition) is 1. The number of amides is 1. The molecule has 24 heavy (non-hydrogen) atoms. The number of benzene rings is 1.